The van der Waals surface area contributed by atoms with Gasteiger partial charge in [0.15, 0.2) is 0 Å². The van der Waals surface area contributed by atoms with Gasteiger partial charge in [-0.05, 0) is 50.6 Å². The van der Waals surface area contributed by atoms with Crippen LogP contribution in [0.3, 0.4) is 0 Å². The van der Waals surface area contributed by atoms with Crippen molar-refractivity contribution < 1.29 is 9.53 Å². The maximum atomic E-state index is 12.1. The van der Waals surface area contributed by atoms with Crippen molar-refractivity contribution in [3.8, 4) is 0 Å². The van der Waals surface area contributed by atoms with Crippen molar-refractivity contribution in [3.05, 3.63) is 23.8 Å². The van der Waals surface area contributed by atoms with Crippen molar-refractivity contribution in [1.82, 2.24) is 4.90 Å². The molecule has 5 nitrogen and oxygen atoms in total. The molecule has 1 unspecified atom stereocenters. The predicted octanol–water partition coefficient (Wildman–Crippen LogP) is 1.86. The molecule has 2 fully saturated rings. The van der Waals surface area contributed by atoms with Crippen LogP contribution in [0.5, 0.6) is 0 Å². The second-order valence-corrected chi connectivity index (χ2v) is 6.28. The highest BCUT2D eigenvalue weighted by Crippen LogP contribution is 2.24. The van der Waals surface area contributed by atoms with Crippen LogP contribution < -0.4 is 10.2 Å². The molecule has 2 heterocycles. The van der Waals surface area contributed by atoms with E-state index < -0.39 is 0 Å². The summed E-state index contributed by atoms with van der Waals surface area (Å²) in [6.07, 6.45) is 1.51. The average molecular weight is 303 g/mol. The molecule has 22 heavy (non-hydrogen) atoms. The molecule has 0 aromatic heterocycles. The molecule has 0 bridgehead atoms. The van der Waals surface area contributed by atoms with Crippen LogP contribution in [0.25, 0.3) is 0 Å². The zero-order chi connectivity index (χ0) is 15.5. The molecular weight excluding hydrogens is 278 g/mol. The van der Waals surface area contributed by atoms with E-state index in [1.54, 1.807) is 0 Å². The molecular formula is C17H25N3O2. The Morgan fingerprint density at radius 2 is 2.05 bits per heavy atom. The van der Waals surface area contributed by atoms with Gasteiger partial charge >= 0.3 is 0 Å². The summed E-state index contributed by atoms with van der Waals surface area (Å²) in [7, 11) is 2.16. The van der Waals surface area contributed by atoms with Gasteiger partial charge in [0.1, 0.15) is 6.10 Å². The van der Waals surface area contributed by atoms with Gasteiger partial charge in [0.05, 0.1) is 0 Å². The first kappa shape index (κ1) is 15.3. The van der Waals surface area contributed by atoms with Crippen LogP contribution >= 0.6 is 0 Å². The topological polar surface area (TPSA) is 44.8 Å². The van der Waals surface area contributed by atoms with E-state index in [9.17, 15) is 4.79 Å². The second-order valence-electron chi connectivity index (χ2n) is 6.28. The highest BCUT2D eigenvalue weighted by Gasteiger charge is 2.24. The minimum atomic E-state index is -0.281. The number of anilines is 2. The molecule has 5 heteroatoms. The standard InChI is InChI=1S/C17H25N3O2/c1-13-12-14(20-9-7-19(2)8-10-20)5-6-15(13)18-17(21)16-4-3-11-22-16/h5-6,12,16H,3-4,7-11H2,1-2H3,(H,18,21). The number of benzene rings is 1. The Kier molecular flexibility index (Phi) is 4.64. The first-order valence-electron chi connectivity index (χ1n) is 8.10. The van der Waals surface area contributed by atoms with Crippen LogP contribution in [0, 0.1) is 6.92 Å². The largest absolute Gasteiger partial charge is 0.369 e. The van der Waals surface area contributed by atoms with Crippen molar-refractivity contribution in [2.45, 2.75) is 25.9 Å². The monoisotopic (exact) mass is 303 g/mol. The van der Waals surface area contributed by atoms with Crippen LogP contribution in [-0.2, 0) is 9.53 Å². The van der Waals surface area contributed by atoms with Crippen molar-refractivity contribution in [3.63, 3.8) is 0 Å². The Hall–Kier alpha value is -1.59. The fourth-order valence-corrected chi connectivity index (χ4v) is 3.05. The number of amides is 1. The molecule has 2 aliphatic heterocycles. The minimum absolute atomic E-state index is 0.0204. The smallest absolute Gasteiger partial charge is 0.253 e. The van der Waals surface area contributed by atoms with Gasteiger partial charge in [0, 0.05) is 44.2 Å². The summed E-state index contributed by atoms with van der Waals surface area (Å²) in [4.78, 5) is 16.9. The summed E-state index contributed by atoms with van der Waals surface area (Å²) in [5, 5.41) is 3.00. The number of nitrogens with one attached hydrogen (secondary N) is 1. The van der Waals surface area contributed by atoms with Gasteiger partial charge in [0.25, 0.3) is 5.91 Å². The Morgan fingerprint density at radius 3 is 2.68 bits per heavy atom. The molecule has 2 aliphatic rings. The Morgan fingerprint density at radius 1 is 1.27 bits per heavy atom. The van der Waals surface area contributed by atoms with Crippen LogP contribution in [0.4, 0.5) is 11.4 Å². The molecule has 1 aromatic rings. The normalized spacial score (nSPS) is 22.8. The van der Waals surface area contributed by atoms with Gasteiger partial charge in [-0.1, -0.05) is 0 Å². The molecule has 2 saturated heterocycles. The van der Waals surface area contributed by atoms with Crippen molar-refractivity contribution in [2.24, 2.45) is 0 Å². The average Bonchev–Trinajstić information content (AvgIpc) is 3.04. The van der Waals surface area contributed by atoms with Gasteiger partial charge < -0.3 is 19.9 Å². The Labute approximate surface area is 132 Å². The molecule has 0 radical (unpaired) electrons. The van der Waals surface area contributed by atoms with Crippen LogP contribution in [-0.4, -0.2) is 56.7 Å². The van der Waals surface area contributed by atoms with Crippen LogP contribution in [0.2, 0.25) is 0 Å². The number of likely N-dealkylation sites (N-methyl/N-ethyl adjacent to an activating group) is 1. The summed E-state index contributed by atoms with van der Waals surface area (Å²) >= 11 is 0. The lowest BCUT2D eigenvalue weighted by molar-refractivity contribution is -0.124. The molecule has 0 spiro atoms. The number of aryl methyl sites for hydroxylation is 1. The lowest BCUT2D eigenvalue weighted by atomic mass is 10.1. The number of nitrogens with zero attached hydrogens (tertiary/aromatic N) is 2. The number of piperazine rings is 1. The summed E-state index contributed by atoms with van der Waals surface area (Å²) in [5.41, 5.74) is 3.22. The van der Waals surface area contributed by atoms with Crippen molar-refractivity contribution >= 4 is 17.3 Å². The SMILES string of the molecule is Cc1cc(N2CCN(C)CC2)ccc1NC(=O)C1CCCO1. The lowest BCUT2D eigenvalue weighted by Gasteiger charge is -2.34. The fraction of sp³-hybridized carbons (Fsp3) is 0.588. The van der Waals surface area contributed by atoms with E-state index in [-0.39, 0.29) is 12.0 Å². The first-order chi connectivity index (χ1) is 10.6. The number of hydrogen-bond donors (Lipinski definition) is 1. The molecule has 120 valence electrons. The highest BCUT2D eigenvalue weighted by molar-refractivity contribution is 5.95. The highest BCUT2D eigenvalue weighted by atomic mass is 16.5. The molecule has 1 atom stereocenters. The number of carbonyl (C=O) groups excluding carboxylic acids is 1. The third-order valence-corrected chi connectivity index (χ3v) is 4.56. The molecule has 3 rings (SSSR count). The van der Waals surface area contributed by atoms with E-state index in [0.717, 1.165) is 50.3 Å². The van der Waals surface area contributed by atoms with Gasteiger partial charge in [-0.15, -0.1) is 0 Å². The Balaban J connectivity index is 1.65. The van der Waals surface area contributed by atoms with E-state index in [2.05, 4.69) is 34.3 Å². The zero-order valence-electron chi connectivity index (χ0n) is 13.5. The quantitative estimate of drug-likeness (QED) is 0.926. The fourth-order valence-electron chi connectivity index (χ4n) is 3.05. The molecule has 1 amide bonds. The minimum Gasteiger partial charge on any atom is -0.369 e. The van der Waals surface area contributed by atoms with Crippen LogP contribution in [0.1, 0.15) is 18.4 Å². The van der Waals surface area contributed by atoms with E-state index in [1.165, 1.54) is 5.69 Å². The zero-order valence-corrected chi connectivity index (χ0v) is 13.5. The van der Waals surface area contributed by atoms with E-state index in [1.807, 2.05) is 13.0 Å². The molecule has 1 aromatic carbocycles. The Bertz CT molecular complexity index is 533. The summed E-state index contributed by atoms with van der Waals surface area (Å²) in [6.45, 7) is 7.03. The molecule has 1 N–H and O–H groups in total. The maximum Gasteiger partial charge on any atom is 0.253 e. The van der Waals surface area contributed by atoms with Gasteiger partial charge in [-0.25, -0.2) is 0 Å². The van der Waals surface area contributed by atoms with Gasteiger partial charge in [-0.3, -0.25) is 4.79 Å². The summed E-state index contributed by atoms with van der Waals surface area (Å²) < 4.78 is 5.43. The maximum absolute atomic E-state index is 12.1. The van der Waals surface area contributed by atoms with Crippen LogP contribution in [0.15, 0.2) is 18.2 Å². The number of carbonyl (C=O) groups is 1. The van der Waals surface area contributed by atoms with E-state index in [4.69, 9.17) is 4.74 Å². The summed E-state index contributed by atoms with van der Waals surface area (Å²) in [6, 6.07) is 6.27. The molecule has 0 aliphatic carbocycles. The van der Waals surface area contributed by atoms with Crippen molar-refractivity contribution in [2.75, 3.05) is 50.1 Å². The van der Waals surface area contributed by atoms with E-state index >= 15 is 0 Å². The lowest BCUT2D eigenvalue weighted by Crippen LogP contribution is -2.44. The molecule has 0 saturated carbocycles. The third kappa shape index (κ3) is 3.42. The van der Waals surface area contributed by atoms with Gasteiger partial charge in [-0.2, -0.15) is 0 Å². The predicted molar refractivity (Wildman–Crippen MR) is 88.5 cm³/mol. The second kappa shape index (κ2) is 6.67. The number of rotatable bonds is 3. The van der Waals surface area contributed by atoms with Crippen molar-refractivity contribution in [1.29, 1.82) is 0 Å². The first-order valence-corrected chi connectivity index (χ1v) is 8.10. The summed E-state index contributed by atoms with van der Waals surface area (Å²) in [5.74, 6) is -0.0204. The number of ether oxygens (including phenoxy) is 1. The number of hydrogen-bond acceptors (Lipinski definition) is 4. The van der Waals surface area contributed by atoms with E-state index in [0.29, 0.717) is 6.61 Å². The third-order valence-electron chi connectivity index (χ3n) is 4.56. The van der Waals surface area contributed by atoms with Gasteiger partial charge in [0.2, 0.25) is 0 Å².